The van der Waals surface area contributed by atoms with Crippen molar-refractivity contribution in [1.29, 1.82) is 0 Å². The molecule has 0 amide bonds. The third kappa shape index (κ3) is 3.03. The van der Waals surface area contributed by atoms with E-state index in [9.17, 15) is 4.39 Å². The predicted octanol–water partition coefficient (Wildman–Crippen LogP) is 7.44. The molecule has 1 aliphatic heterocycles. The molecule has 0 radical (unpaired) electrons. The van der Waals surface area contributed by atoms with Crippen LogP contribution in [0.4, 0.5) is 4.39 Å². The summed E-state index contributed by atoms with van der Waals surface area (Å²) in [6, 6.07) is 13.0. The lowest BCUT2D eigenvalue weighted by Gasteiger charge is -2.41. The van der Waals surface area contributed by atoms with E-state index in [0.717, 1.165) is 28.2 Å². The zero-order valence-electron chi connectivity index (χ0n) is 16.6. The van der Waals surface area contributed by atoms with Crippen molar-refractivity contribution >= 4 is 13.8 Å². The Kier molecular flexibility index (Phi) is 5.11. The van der Waals surface area contributed by atoms with E-state index in [4.69, 9.17) is 4.74 Å². The van der Waals surface area contributed by atoms with Gasteiger partial charge in [0.15, 0.2) is 0 Å². The maximum absolute atomic E-state index is 13.8. The molecule has 26 heavy (non-hydrogen) atoms. The van der Waals surface area contributed by atoms with E-state index in [0.29, 0.717) is 16.6 Å². The summed E-state index contributed by atoms with van der Waals surface area (Å²) in [6.07, 6.45) is 0. The quantitative estimate of drug-likeness (QED) is 0.509. The van der Waals surface area contributed by atoms with Crippen LogP contribution >= 0.6 is 0 Å². The van der Waals surface area contributed by atoms with E-state index in [1.54, 1.807) is 12.1 Å². The molecule has 0 saturated heterocycles. The fraction of sp³-hybridized carbons (Fsp3) is 0.391. The van der Waals surface area contributed by atoms with Crippen LogP contribution in [0.15, 0.2) is 48.2 Å². The van der Waals surface area contributed by atoms with Crippen molar-refractivity contribution in [3.8, 4) is 16.9 Å². The topological polar surface area (TPSA) is 9.23 Å². The number of fused-ring (bicyclic) bond motifs is 3. The normalized spacial score (nSPS) is 15.4. The molecule has 1 aliphatic rings. The van der Waals surface area contributed by atoms with E-state index in [2.05, 4.69) is 59.4 Å². The van der Waals surface area contributed by atoms with Gasteiger partial charge in [-0.25, -0.2) is 4.39 Å². The van der Waals surface area contributed by atoms with Crippen molar-refractivity contribution < 1.29 is 9.13 Å². The Morgan fingerprint density at radius 1 is 0.808 bits per heavy atom. The molecule has 1 nitrogen and oxygen atoms in total. The fourth-order valence-electron chi connectivity index (χ4n) is 4.74. The number of hydrogen-bond donors (Lipinski definition) is 0. The van der Waals surface area contributed by atoms with Crippen LogP contribution in [0.2, 0.25) is 16.6 Å². The molecule has 0 N–H and O–H groups in total. The van der Waals surface area contributed by atoms with Gasteiger partial charge in [-0.15, -0.1) is 0 Å². The third-order valence-corrected chi connectivity index (χ3v) is 12.8. The Morgan fingerprint density at radius 3 is 1.96 bits per heavy atom. The SMILES string of the molecule is CC(C)[Si](/C=C1\Oc2ccc(F)cc2-c2ccccc21)(C(C)C)C(C)C. The van der Waals surface area contributed by atoms with Crippen molar-refractivity contribution in [2.24, 2.45) is 0 Å². The van der Waals surface area contributed by atoms with E-state index >= 15 is 0 Å². The van der Waals surface area contributed by atoms with E-state index in [-0.39, 0.29) is 5.82 Å². The maximum Gasteiger partial charge on any atom is 0.135 e. The van der Waals surface area contributed by atoms with Gasteiger partial charge in [0, 0.05) is 11.1 Å². The first-order valence-electron chi connectivity index (χ1n) is 9.57. The monoisotopic (exact) mass is 368 g/mol. The molecule has 0 saturated carbocycles. The summed E-state index contributed by atoms with van der Waals surface area (Å²) in [6.45, 7) is 14.1. The van der Waals surface area contributed by atoms with Crippen LogP contribution in [0.25, 0.3) is 16.9 Å². The molecular weight excluding hydrogens is 339 g/mol. The smallest absolute Gasteiger partial charge is 0.135 e. The Labute approximate surface area is 157 Å². The Bertz CT molecular complexity index is 814. The van der Waals surface area contributed by atoms with Crippen molar-refractivity contribution in [3.05, 3.63) is 59.5 Å². The standard InChI is InChI=1S/C23H29FOSi/c1-15(2)26(16(3)4,17(5)6)14-23-20-10-8-7-9-19(20)21-13-18(24)11-12-22(21)25-23/h7-17H,1-6H3/b23-14-. The average molecular weight is 369 g/mol. The van der Waals surface area contributed by atoms with Gasteiger partial charge >= 0.3 is 0 Å². The van der Waals surface area contributed by atoms with Gasteiger partial charge in [0.2, 0.25) is 0 Å². The second-order valence-electron chi connectivity index (χ2n) is 8.26. The number of rotatable bonds is 4. The highest BCUT2D eigenvalue weighted by atomic mass is 28.3. The molecule has 0 aromatic heterocycles. The predicted molar refractivity (Wildman–Crippen MR) is 111 cm³/mol. The minimum atomic E-state index is -1.78. The summed E-state index contributed by atoms with van der Waals surface area (Å²) in [5.41, 5.74) is 7.27. The molecular formula is C23H29FOSi. The van der Waals surface area contributed by atoms with Crippen LogP contribution in [0.3, 0.4) is 0 Å². The van der Waals surface area contributed by atoms with Crippen LogP contribution in [0.5, 0.6) is 5.75 Å². The van der Waals surface area contributed by atoms with Gasteiger partial charge in [0.25, 0.3) is 0 Å². The van der Waals surface area contributed by atoms with Crippen LogP contribution in [-0.4, -0.2) is 8.07 Å². The van der Waals surface area contributed by atoms with E-state index < -0.39 is 8.07 Å². The largest absolute Gasteiger partial charge is 0.457 e. The first-order chi connectivity index (χ1) is 12.3. The molecule has 0 bridgehead atoms. The van der Waals surface area contributed by atoms with Crippen molar-refractivity contribution in [2.75, 3.05) is 0 Å². The minimum absolute atomic E-state index is 0.232. The maximum atomic E-state index is 13.8. The summed E-state index contributed by atoms with van der Waals surface area (Å²) in [5.74, 6) is 1.46. The summed E-state index contributed by atoms with van der Waals surface area (Å²) < 4.78 is 20.2. The number of halogens is 1. The molecule has 0 atom stereocenters. The summed E-state index contributed by atoms with van der Waals surface area (Å²) in [7, 11) is -1.78. The second-order valence-corrected chi connectivity index (χ2v) is 14.0. The molecule has 2 aromatic carbocycles. The highest BCUT2D eigenvalue weighted by Crippen LogP contribution is 2.47. The lowest BCUT2D eigenvalue weighted by molar-refractivity contribution is 0.509. The Morgan fingerprint density at radius 2 is 1.38 bits per heavy atom. The van der Waals surface area contributed by atoms with Gasteiger partial charge in [-0.2, -0.15) is 0 Å². The van der Waals surface area contributed by atoms with Gasteiger partial charge in [0.05, 0.1) is 8.07 Å². The molecule has 0 spiro atoms. The average Bonchev–Trinajstić information content (AvgIpc) is 2.59. The molecule has 0 unspecified atom stereocenters. The van der Waals surface area contributed by atoms with Crippen LogP contribution in [-0.2, 0) is 0 Å². The highest BCUT2D eigenvalue weighted by Gasteiger charge is 2.42. The second kappa shape index (κ2) is 7.03. The van der Waals surface area contributed by atoms with Gasteiger partial charge in [0.1, 0.15) is 17.3 Å². The van der Waals surface area contributed by atoms with Gasteiger partial charge in [-0.1, -0.05) is 71.5 Å². The number of benzene rings is 2. The Hall–Kier alpha value is -1.87. The molecule has 2 aromatic rings. The first-order valence-corrected chi connectivity index (χ1v) is 11.9. The number of hydrogen-bond acceptors (Lipinski definition) is 1. The van der Waals surface area contributed by atoms with Crippen molar-refractivity contribution in [1.82, 2.24) is 0 Å². The molecule has 0 aliphatic carbocycles. The summed E-state index contributed by atoms with van der Waals surface area (Å²) in [4.78, 5) is 0. The molecule has 0 fully saturated rings. The van der Waals surface area contributed by atoms with Gasteiger partial charge < -0.3 is 4.74 Å². The molecule has 1 heterocycles. The number of ether oxygens (including phenoxy) is 1. The lowest BCUT2D eigenvalue weighted by Crippen LogP contribution is -2.43. The van der Waals surface area contributed by atoms with E-state index in [1.807, 2.05) is 12.1 Å². The van der Waals surface area contributed by atoms with E-state index in [1.165, 1.54) is 6.07 Å². The molecule has 3 heteroatoms. The van der Waals surface area contributed by atoms with Crippen LogP contribution in [0.1, 0.15) is 47.1 Å². The highest BCUT2D eigenvalue weighted by molar-refractivity contribution is 6.88. The van der Waals surface area contributed by atoms with Crippen LogP contribution < -0.4 is 4.74 Å². The third-order valence-electron chi connectivity index (χ3n) is 6.03. The van der Waals surface area contributed by atoms with Crippen molar-refractivity contribution in [2.45, 2.75) is 58.2 Å². The lowest BCUT2D eigenvalue weighted by atomic mass is 9.95. The summed E-state index contributed by atoms with van der Waals surface area (Å²) in [5, 5.41) is 0. The first kappa shape index (κ1) is 18.9. The zero-order valence-corrected chi connectivity index (χ0v) is 17.6. The molecule has 138 valence electrons. The molecule has 3 rings (SSSR count). The van der Waals surface area contributed by atoms with Crippen molar-refractivity contribution in [3.63, 3.8) is 0 Å². The van der Waals surface area contributed by atoms with Crippen LogP contribution in [0, 0.1) is 5.82 Å². The Balaban J connectivity index is 2.23. The minimum Gasteiger partial charge on any atom is -0.457 e. The van der Waals surface area contributed by atoms with Gasteiger partial charge in [-0.3, -0.25) is 0 Å². The summed E-state index contributed by atoms with van der Waals surface area (Å²) >= 11 is 0. The fourth-order valence-corrected chi connectivity index (χ4v) is 10.4. The van der Waals surface area contributed by atoms with Gasteiger partial charge in [-0.05, 0) is 40.4 Å². The zero-order chi connectivity index (χ0) is 19.1.